The molecule has 0 saturated carbocycles. The van der Waals surface area contributed by atoms with E-state index in [4.69, 9.17) is 9.97 Å². The summed E-state index contributed by atoms with van der Waals surface area (Å²) in [4.78, 5) is 9.48. The Morgan fingerprint density at radius 1 is 0.778 bits per heavy atom. The van der Waals surface area contributed by atoms with Crippen LogP contribution in [0.15, 0.2) is 48.5 Å². The quantitative estimate of drug-likeness (QED) is 0.528. The fraction of sp³-hybridized carbons (Fsp3) is 0.273. The molecule has 0 fully saturated rings. The first-order valence-electron chi connectivity index (χ1n) is 9.11. The van der Waals surface area contributed by atoms with Crippen molar-refractivity contribution in [1.29, 1.82) is 0 Å². The Bertz CT molecular complexity index is 909. The smallest absolute Gasteiger partial charge is 0.229 e. The number of benzene rings is 2. The molecule has 0 aliphatic heterocycles. The Morgan fingerprint density at radius 3 is 1.89 bits per heavy atom. The van der Waals surface area contributed by atoms with Gasteiger partial charge in [-0.1, -0.05) is 49.7 Å². The van der Waals surface area contributed by atoms with Gasteiger partial charge in [0.05, 0.1) is 0 Å². The molecule has 0 bridgehead atoms. The van der Waals surface area contributed by atoms with Crippen molar-refractivity contribution in [3.63, 3.8) is 0 Å². The van der Waals surface area contributed by atoms with Gasteiger partial charge in [0.25, 0.3) is 0 Å². The highest BCUT2D eigenvalue weighted by Gasteiger charge is 2.13. The summed E-state index contributed by atoms with van der Waals surface area (Å²) >= 11 is 0. The second-order valence-corrected chi connectivity index (χ2v) is 6.59. The van der Waals surface area contributed by atoms with Crippen LogP contribution in [0.2, 0.25) is 0 Å². The summed E-state index contributed by atoms with van der Waals surface area (Å²) in [5.41, 5.74) is 6.64. The van der Waals surface area contributed by atoms with Crippen molar-refractivity contribution in [2.45, 2.75) is 40.5 Å². The molecule has 0 aliphatic rings. The molecular weight excluding hydrogens is 356 g/mol. The van der Waals surface area contributed by atoms with Gasteiger partial charge in [-0.25, -0.2) is 4.98 Å². The van der Waals surface area contributed by atoms with Crippen molar-refractivity contribution >= 4 is 35.5 Å². The fourth-order valence-electron chi connectivity index (χ4n) is 2.98. The normalized spacial score (nSPS) is 10.2. The Kier molecular flexibility index (Phi) is 7.19. The van der Waals surface area contributed by atoms with Gasteiger partial charge in [0.1, 0.15) is 5.82 Å². The lowest BCUT2D eigenvalue weighted by Gasteiger charge is -2.17. The van der Waals surface area contributed by atoms with Crippen molar-refractivity contribution in [3.8, 4) is 0 Å². The van der Waals surface area contributed by atoms with Gasteiger partial charge in [0, 0.05) is 22.6 Å². The number of nitrogens with zero attached hydrogens (tertiary/aromatic N) is 2. The third-order valence-electron chi connectivity index (χ3n) is 4.50. The van der Waals surface area contributed by atoms with Crippen molar-refractivity contribution in [2.24, 2.45) is 0 Å². The molecule has 2 aromatic carbocycles. The Morgan fingerprint density at radius 2 is 1.33 bits per heavy atom. The highest BCUT2D eigenvalue weighted by atomic mass is 35.5. The van der Waals surface area contributed by atoms with Gasteiger partial charge in [-0.15, -0.1) is 12.4 Å². The van der Waals surface area contributed by atoms with Gasteiger partial charge in [-0.05, 0) is 50.5 Å². The van der Waals surface area contributed by atoms with Crippen LogP contribution in [0.3, 0.4) is 0 Å². The summed E-state index contributed by atoms with van der Waals surface area (Å²) in [5, 5.41) is 6.88. The summed E-state index contributed by atoms with van der Waals surface area (Å²) in [6, 6.07) is 16.4. The number of rotatable bonds is 6. The number of para-hydroxylation sites is 2. The lowest BCUT2D eigenvalue weighted by Crippen LogP contribution is -2.08. The van der Waals surface area contributed by atoms with E-state index in [0.29, 0.717) is 5.95 Å². The monoisotopic (exact) mass is 382 g/mol. The molecule has 27 heavy (non-hydrogen) atoms. The van der Waals surface area contributed by atoms with Crippen LogP contribution in [0.5, 0.6) is 0 Å². The minimum Gasteiger partial charge on any atom is -0.340 e. The summed E-state index contributed by atoms with van der Waals surface area (Å²) in [6.45, 7) is 8.41. The van der Waals surface area contributed by atoms with E-state index in [1.54, 1.807) is 0 Å². The van der Waals surface area contributed by atoms with Gasteiger partial charge >= 0.3 is 0 Å². The lowest BCUT2D eigenvalue weighted by atomic mass is 10.1. The number of aryl methyl sites for hydroxylation is 3. The van der Waals surface area contributed by atoms with Crippen molar-refractivity contribution in [1.82, 2.24) is 9.97 Å². The highest BCUT2D eigenvalue weighted by molar-refractivity contribution is 5.85. The molecule has 0 radical (unpaired) electrons. The third kappa shape index (κ3) is 4.98. The van der Waals surface area contributed by atoms with E-state index in [9.17, 15) is 0 Å². The maximum atomic E-state index is 4.79. The zero-order valence-corrected chi connectivity index (χ0v) is 17.2. The molecule has 0 aliphatic carbocycles. The average molecular weight is 383 g/mol. The number of nitrogens with one attached hydrogen (secondary N) is 2. The molecule has 0 saturated heterocycles. The standard InChI is InChI=1S/C22H26N4.ClH/c1-5-10-18-17(4)23-22(25-20-14-9-7-12-16(20)3)26-21(18)24-19-13-8-6-11-15(19)2;/h6-9,11-14H,5,10H2,1-4H3,(H2,23,24,25,26);1H. The van der Waals surface area contributed by atoms with Gasteiger partial charge < -0.3 is 10.6 Å². The molecule has 3 rings (SSSR count). The SMILES string of the molecule is CCCc1c(C)nc(Nc2ccccc2C)nc1Nc1ccccc1C.Cl. The first-order valence-corrected chi connectivity index (χ1v) is 9.11. The van der Waals surface area contributed by atoms with E-state index in [1.807, 2.05) is 30.3 Å². The zero-order chi connectivity index (χ0) is 18.5. The van der Waals surface area contributed by atoms with Crippen LogP contribution in [0.1, 0.15) is 35.7 Å². The summed E-state index contributed by atoms with van der Waals surface area (Å²) < 4.78 is 0. The Labute approximate surface area is 167 Å². The maximum absolute atomic E-state index is 4.79. The first kappa shape index (κ1) is 20.7. The largest absolute Gasteiger partial charge is 0.340 e. The van der Waals surface area contributed by atoms with Crippen LogP contribution < -0.4 is 10.6 Å². The van der Waals surface area contributed by atoms with E-state index < -0.39 is 0 Å². The first-order chi connectivity index (χ1) is 12.6. The molecule has 142 valence electrons. The summed E-state index contributed by atoms with van der Waals surface area (Å²) in [6.07, 6.45) is 2.00. The van der Waals surface area contributed by atoms with Gasteiger partial charge in [0.2, 0.25) is 5.95 Å². The Balaban J connectivity index is 0.00000261. The van der Waals surface area contributed by atoms with Gasteiger partial charge in [-0.3, -0.25) is 0 Å². The summed E-state index contributed by atoms with van der Waals surface area (Å²) in [7, 11) is 0. The molecule has 0 spiro atoms. The Hall–Kier alpha value is -2.59. The minimum atomic E-state index is 0. The predicted octanol–water partition coefficient (Wildman–Crippen LogP) is 6.26. The number of hydrogen-bond donors (Lipinski definition) is 2. The number of aromatic nitrogens is 2. The van der Waals surface area contributed by atoms with E-state index in [2.05, 4.69) is 56.5 Å². The van der Waals surface area contributed by atoms with Crippen LogP contribution in [0, 0.1) is 20.8 Å². The van der Waals surface area contributed by atoms with Crippen LogP contribution in [0.25, 0.3) is 0 Å². The molecular formula is C22H27ClN4. The van der Waals surface area contributed by atoms with Crippen LogP contribution >= 0.6 is 12.4 Å². The van der Waals surface area contributed by atoms with Gasteiger partial charge in [0.15, 0.2) is 0 Å². The minimum absolute atomic E-state index is 0. The molecule has 0 amide bonds. The predicted molar refractivity (Wildman–Crippen MR) is 117 cm³/mol. The lowest BCUT2D eigenvalue weighted by molar-refractivity contribution is 0.888. The molecule has 3 aromatic rings. The molecule has 2 N–H and O–H groups in total. The van der Waals surface area contributed by atoms with Crippen molar-refractivity contribution < 1.29 is 0 Å². The van der Waals surface area contributed by atoms with E-state index in [1.165, 1.54) is 16.7 Å². The number of hydrogen-bond acceptors (Lipinski definition) is 4. The van der Waals surface area contributed by atoms with Crippen molar-refractivity contribution in [2.75, 3.05) is 10.6 Å². The molecule has 1 aromatic heterocycles. The van der Waals surface area contributed by atoms with Crippen LogP contribution in [0.4, 0.5) is 23.1 Å². The second kappa shape index (κ2) is 9.38. The molecule has 1 heterocycles. The second-order valence-electron chi connectivity index (χ2n) is 6.59. The molecule has 0 unspecified atom stereocenters. The fourth-order valence-corrected chi connectivity index (χ4v) is 2.98. The maximum Gasteiger partial charge on any atom is 0.229 e. The summed E-state index contributed by atoms with van der Waals surface area (Å²) in [5.74, 6) is 1.50. The molecule has 0 atom stereocenters. The van der Waals surface area contributed by atoms with E-state index in [-0.39, 0.29) is 12.4 Å². The average Bonchev–Trinajstić information content (AvgIpc) is 2.62. The number of halogens is 1. The van der Waals surface area contributed by atoms with Crippen LogP contribution in [-0.4, -0.2) is 9.97 Å². The molecule has 5 heteroatoms. The van der Waals surface area contributed by atoms with E-state index in [0.717, 1.165) is 35.7 Å². The van der Waals surface area contributed by atoms with Crippen LogP contribution in [-0.2, 0) is 6.42 Å². The van der Waals surface area contributed by atoms with E-state index >= 15 is 0 Å². The topological polar surface area (TPSA) is 49.8 Å². The van der Waals surface area contributed by atoms with Crippen molar-refractivity contribution in [3.05, 3.63) is 70.9 Å². The number of anilines is 4. The van der Waals surface area contributed by atoms with Gasteiger partial charge in [-0.2, -0.15) is 4.98 Å². The zero-order valence-electron chi connectivity index (χ0n) is 16.3. The third-order valence-corrected chi connectivity index (χ3v) is 4.50. The molecule has 4 nitrogen and oxygen atoms in total. The highest BCUT2D eigenvalue weighted by Crippen LogP contribution is 2.27.